The predicted molar refractivity (Wildman–Crippen MR) is 83.3 cm³/mol. The molecule has 0 saturated heterocycles. The third-order valence-electron chi connectivity index (χ3n) is 2.81. The number of rotatable bonds is 8. The molecule has 1 unspecified atom stereocenters. The molecule has 0 fully saturated rings. The van der Waals surface area contributed by atoms with Crippen LogP contribution in [0, 0.1) is 5.92 Å². The van der Waals surface area contributed by atoms with Crippen LogP contribution in [-0.2, 0) is 4.74 Å². The molecule has 1 heterocycles. The molecule has 114 valence electrons. The Balaban J connectivity index is 2.72. The summed E-state index contributed by atoms with van der Waals surface area (Å²) in [5.41, 5.74) is 5.79. The summed E-state index contributed by atoms with van der Waals surface area (Å²) in [4.78, 5) is 16.8. The van der Waals surface area contributed by atoms with Gasteiger partial charge in [0, 0.05) is 13.2 Å². The summed E-state index contributed by atoms with van der Waals surface area (Å²) in [6.07, 6.45) is 0. The van der Waals surface area contributed by atoms with Gasteiger partial charge in [-0.25, -0.2) is 4.98 Å². The molecule has 0 spiro atoms. The minimum Gasteiger partial charge on any atom is -0.382 e. The van der Waals surface area contributed by atoms with Crippen molar-refractivity contribution in [3.05, 3.63) is 4.88 Å². The van der Waals surface area contributed by atoms with E-state index in [1.54, 1.807) is 0 Å². The van der Waals surface area contributed by atoms with E-state index in [0.29, 0.717) is 23.2 Å². The van der Waals surface area contributed by atoms with Gasteiger partial charge in [0.15, 0.2) is 5.13 Å². The molecule has 1 aromatic rings. The summed E-state index contributed by atoms with van der Waals surface area (Å²) in [6.45, 7) is 9.86. The second kappa shape index (κ2) is 8.06. The van der Waals surface area contributed by atoms with Gasteiger partial charge in [0.05, 0.1) is 12.6 Å². The molecule has 1 amide bonds. The lowest BCUT2D eigenvalue weighted by molar-refractivity contribution is 0.0810. The van der Waals surface area contributed by atoms with Gasteiger partial charge in [0.25, 0.3) is 5.91 Å². The first-order chi connectivity index (χ1) is 9.49. The molecule has 6 nitrogen and oxygen atoms in total. The SMILES string of the molecule is CCNc1nc(N)c(C(=O)NC(COCC)C(C)C)s1. The number of nitrogens with one attached hydrogen (secondary N) is 2. The van der Waals surface area contributed by atoms with Crippen LogP contribution >= 0.6 is 11.3 Å². The van der Waals surface area contributed by atoms with E-state index in [0.717, 1.165) is 6.54 Å². The molecule has 7 heteroatoms. The van der Waals surface area contributed by atoms with E-state index >= 15 is 0 Å². The third kappa shape index (κ3) is 4.64. The molecule has 0 radical (unpaired) electrons. The summed E-state index contributed by atoms with van der Waals surface area (Å²) >= 11 is 1.27. The van der Waals surface area contributed by atoms with Gasteiger partial charge in [-0.05, 0) is 19.8 Å². The van der Waals surface area contributed by atoms with Gasteiger partial charge < -0.3 is 21.1 Å². The van der Waals surface area contributed by atoms with E-state index in [1.807, 2.05) is 27.7 Å². The molecule has 0 saturated carbocycles. The number of nitrogens with two attached hydrogens (primary N) is 1. The van der Waals surface area contributed by atoms with Gasteiger partial charge >= 0.3 is 0 Å². The summed E-state index contributed by atoms with van der Waals surface area (Å²) in [7, 11) is 0. The van der Waals surface area contributed by atoms with Crippen LogP contribution in [-0.4, -0.2) is 36.7 Å². The number of carbonyl (C=O) groups is 1. The number of nitrogen functional groups attached to an aromatic ring is 1. The number of hydrogen-bond acceptors (Lipinski definition) is 6. The first-order valence-corrected chi connectivity index (χ1v) is 7.69. The maximum atomic E-state index is 12.3. The van der Waals surface area contributed by atoms with E-state index in [4.69, 9.17) is 10.5 Å². The lowest BCUT2D eigenvalue weighted by atomic mass is 10.1. The van der Waals surface area contributed by atoms with E-state index in [-0.39, 0.29) is 23.7 Å². The monoisotopic (exact) mass is 300 g/mol. The summed E-state index contributed by atoms with van der Waals surface area (Å²) in [5.74, 6) is 0.359. The van der Waals surface area contributed by atoms with Gasteiger partial charge in [0.1, 0.15) is 10.7 Å². The Morgan fingerprint density at radius 3 is 2.70 bits per heavy atom. The first-order valence-electron chi connectivity index (χ1n) is 6.88. The normalized spacial score (nSPS) is 12.4. The van der Waals surface area contributed by atoms with Crippen molar-refractivity contribution in [1.82, 2.24) is 10.3 Å². The maximum Gasteiger partial charge on any atom is 0.265 e. The van der Waals surface area contributed by atoms with Crippen LogP contribution in [0.4, 0.5) is 10.9 Å². The fraction of sp³-hybridized carbons (Fsp3) is 0.692. The molecule has 0 aromatic carbocycles. The number of anilines is 2. The van der Waals surface area contributed by atoms with Crippen molar-refractivity contribution in [1.29, 1.82) is 0 Å². The largest absolute Gasteiger partial charge is 0.382 e. The fourth-order valence-electron chi connectivity index (χ4n) is 1.60. The van der Waals surface area contributed by atoms with Crippen molar-refractivity contribution < 1.29 is 9.53 Å². The molecule has 20 heavy (non-hydrogen) atoms. The molecular weight excluding hydrogens is 276 g/mol. The number of thiazole rings is 1. The zero-order valence-corrected chi connectivity index (χ0v) is 13.3. The van der Waals surface area contributed by atoms with Crippen LogP contribution < -0.4 is 16.4 Å². The summed E-state index contributed by atoms with van der Waals surface area (Å²) in [5, 5.41) is 6.69. The van der Waals surface area contributed by atoms with E-state index in [2.05, 4.69) is 15.6 Å². The van der Waals surface area contributed by atoms with E-state index < -0.39 is 0 Å². The molecule has 0 aliphatic carbocycles. The Hall–Kier alpha value is -1.34. The average Bonchev–Trinajstić information content (AvgIpc) is 2.75. The van der Waals surface area contributed by atoms with Crippen molar-refractivity contribution in [2.45, 2.75) is 33.7 Å². The Morgan fingerprint density at radius 1 is 1.45 bits per heavy atom. The Morgan fingerprint density at radius 2 is 2.15 bits per heavy atom. The highest BCUT2D eigenvalue weighted by atomic mass is 32.1. The van der Waals surface area contributed by atoms with Crippen LogP contribution in [0.25, 0.3) is 0 Å². The molecule has 1 atom stereocenters. The Kier molecular flexibility index (Phi) is 6.74. The minimum atomic E-state index is -0.192. The first kappa shape index (κ1) is 16.7. The van der Waals surface area contributed by atoms with Crippen LogP contribution in [0.1, 0.15) is 37.4 Å². The van der Waals surface area contributed by atoms with Crippen molar-refractivity contribution in [2.24, 2.45) is 5.92 Å². The van der Waals surface area contributed by atoms with Crippen LogP contribution in [0.15, 0.2) is 0 Å². The fourth-order valence-corrected chi connectivity index (χ4v) is 2.46. The summed E-state index contributed by atoms with van der Waals surface area (Å²) < 4.78 is 5.40. The molecule has 1 rings (SSSR count). The Bertz CT molecular complexity index is 434. The van der Waals surface area contributed by atoms with E-state index in [9.17, 15) is 4.79 Å². The number of hydrogen-bond donors (Lipinski definition) is 3. The maximum absolute atomic E-state index is 12.3. The van der Waals surface area contributed by atoms with Crippen LogP contribution in [0.5, 0.6) is 0 Å². The van der Waals surface area contributed by atoms with Crippen molar-refractivity contribution in [3.8, 4) is 0 Å². The standard InChI is InChI=1S/C13H24N4O2S/c1-5-15-13-17-11(14)10(20-13)12(18)16-9(8(3)4)7-19-6-2/h8-9H,5-7,14H2,1-4H3,(H,15,17)(H,16,18). The van der Waals surface area contributed by atoms with Gasteiger partial charge in [-0.3, -0.25) is 4.79 Å². The smallest absolute Gasteiger partial charge is 0.265 e. The van der Waals surface area contributed by atoms with Crippen molar-refractivity contribution in [2.75, 3.05) is 30.8 Å². The quantitative estimate of drug-likeness (QED) is 0.683. The lowest BCUT2D eigenvalue weighted by Gasteiger charge is -2.21. The zero-order valence-electron chi connectivity index (χ0n) is 12.5. The highest BCUT2D eigenvalue weighted by Crippen LogP contribution is 2.24. The third-order valence-corrected chi connectivity index (χ3v) is 3.84. The Labute approximate surface area is 124 Å². The number of ether oxygens (including phenoxy) is 1. The zero-order chi connectivity index (χ0) is 15.1. The summed E-state index contributed by atoms with van der Waals surface area (Å²) in [6, 6.07) is -0.0356. The van der Waals surface area contributed by atoms with Crippen LogP contribution in [0.2, 0.25) is 0 Å². The molecular formula is C13H24N4O2S. The lowest BCUT2D eigenvalue weighted by Crippen LogP contribution is -2.41. The van der Waals surface area contributed by atoms with Gasteiger partial charge in [-0.1, -0.05) is 25.2 Å². The molecule has 1 aromatic heterocycles. The molecule has 4 N–H and O–H groups in total. The molecule has 0 aliphatic rings. The number of aromatic nitrogens is 1. The molecule has 0 aliphatic heterocycles. The average molecular weight is 300 g/mol. The minimum absolute atomic E-state index is 0.0356. The predicted octanol–water partition coefficient (Wildman–Crippen LogP) is 1.95. The van der Waals surface area contributed by atoms with Gasteiger partial charge in [-0.2, -0.15) is 0 Å². The van der Waals surface area contributed by atoms with Crippen molar-refractivity contribution in [3.63, 3.8) is 0 Å². The number of nitrogens with zero attached hydrogens (tertiary/aromatic N) is 1. The highest BCUT2D eigenvalue weighted by Gasteiger charge is 2.21. The van der Waals surface area contributed by atoms with E-state index in [1.165, 1.54) is 11.3 Å². The second-order valence-electron chi connectivity index (χ2n) is 4.75. The van der Waals surface area contributed by atoms with Gasteiger partial charge in [-0.15, -0.1) is 0 Å². The topological polar surface area (TPSA) is 89.3 Å². The highest BCUT2D eigenvalue weighted by molar-refractivity contribution is 7.18. The number of carbonyl (C=O) groups excluding carboxylic acids is 1. The number of amides is 1. The van der Waals surface area contributed by atoms with Crippen molar-refractivity contribution >= 4 is 28.2 Å². The van der Waals surface area contributed by atoms with Crippen LogP contribution in [0.3, 0.4) is 0 Å². The van der Waals surface area contributed by atoms with Gasteiger partial charge in [0.2, 0.25) is 0 Å². The second-order valence-corrected chi connectivity index (χ2v) is 5.75. The molecule has 0 bridgehead atoms.